The lowest BCUT2D eigenvalue weighted by molar-refractivity contribution is -0.0168. The van der Waals surface area contributed by atoms with E-state index in [0.29, 0.717) is 35.2 Å². The van der Waals surface area contributed by atoms with Crippen LogP contribution in [0.25, 0.3) is 0 Å². The van der Waals surface area contributed by atoms with Crippen molar-refractivity contribution in [1.82, 2.24) is 14.7 Å². The van der Waals surface area contributed by atoms with Crippen LogP contribution in [0.2, 0.25) is 10.0 Å². The van der Waals surface area contributed by atoms with Crippen molar-refractivity contribution in [2.45, 2.75) is 44.4 Å². The molecule has 1 aliphatic heterocycles. The zero-order valence-electron chi connectivity index (χ0n) is 19.2. The highest BCUT2D eigenvalue weighted by Crippen LogP contribution is 2.29. The molecule has 0 unspecified atom stereocenters. The van der Waals surface area contributed by atoms with Gasteiger partial charge in [0.15, 0.2) is 0 Å². The molecule has 34 heavy (non-hydrogen) atoms. The zero-order valence-corrected chi connectivity index (χ0v) is 20.7. The van der Waals surface area contributed by atoms with Crippen molar-refractivity contribution < 1.29 is 14.6 Å². The molecule has 2 aromatic carbocycles. The van der Waals surface area contributed by atoms with E-state index in [9.17, 15) is 5.11 Å². The van der Waals surface area contributed by atoms with E-state index in [1.807, 2.05) is 29.1 Å². The number of aryl methyl sites for hydroxylation is 1. The van der Waals surface area contributed by atoms with E-state index in [1.165, 1.54) is 5.56 Å². The summed E-state index contributed by atoms with van der Waals surface area (Å²) in [5, 5.41) is 16.2. The van der Waals surface area contributed by atoms with Crippen LogP contribution in [-0.2, 0) is 13.1 Å². The van der Waals surface area contributed by atoms with Gasteiger partial charge in [0.2, 0.25) is 0 Å². The third kappa shape index (κ3) is 7.37. The number of halogens is 2. The van der Waals surface area contributed by atoms with Gasteiger partial charge in [0.05, 0.1) is 22.3 Å². The Balaban J connectivity index is 1.20. The minimum Gasteiger partial charge on any atom is -0.494 e. The fourth-order valence-electron chi connectivity index (χ4n) is 4.12. The maximum Gasteiger partial charge on any atom is 0.121 e. The van der Waals surface area contributed by atoms with E-state index >= 15 is 0 Å². The summed E-state index contributed by atoms with van der Waals surface area (Å²) in [5.41, 5.74) is 0.385. The predicted molar refractivity (Wildman–Crippen MR) is 135 cm³/mol. The van der Waals surface area contributed by atoms with E-state index in [4.69, 9.17) is 32.7 Å². The molecule has 6 nitrogen and oxygen atoms in total. The van der Waals surface area contributed by atoms with Gasteiger partial charge in [-0.1, -0.05) is 35.3 Å². The molecule has 0 spiro atoms. The standard InChI is InChI=1S/C26H31Cl2N3O3/c27-24-9-8-23(18-25(24)28)34-20-26(32)10-1-13-30(16-11-26)19-21-4-6-22(7-5-21)33-17-3-15-31-14-2-12-29-31/h2,4-9,12,14,18,32H,1,3,10-11,13,15-17,19-20H2/t26-/m0/s1. The van der Waals surface area contributed by atoms with Crippen molar-refractivity contribution in [2.24, 2.45) is 0 Å². The highest BCUT2D eigenvalue weighted by atomic mass is 35.5. The molecule has 1 saturated heterocycles. The van der Waals surface area contributed by atoms with Crippen LogP contribution in [0.3, 0.4) is 0 Å². The van der Waals surface area contributed by atoms with Crippen LogP contribution >= 0.6 is 23.2 Å². The van der Waals surface area contributed by atoms with E-state index in [-0.39, 0.29) is 6.61 Å². The first-order chi connectivity index (χ1) is 16.5. The lowest BCUT2D eigenvalue weighted by atomic mass is 9.96. The Morgan fingerprint density at radius 2 is 1.79 bits per heavy atom. The summed E-state index contributed by atoms with van der Waals surface area (Å²) in [6.07, 6.45) is 6.94. The summed E-state index contributed by atoms with van der Waals surface area (Å²) < 4.78 is 13.6. The maximum absolute atomic E-state index is 11.1. The molecule has 1 atom stereocenters. The summed E-state index contributed by atoms with van der Waals surface area (Å²) in [6, 6.07) is 15.4. The molecule has 1 aromatic heterocycles. The van der Waals surface area contributed by atoms with Crippen LogP contribution in [0.1, 0.15) is 31.2 Å². The third-order valence-electron chi connectivity index (χ3n) is 6.10. The number of aliphatic hydroxyl groups is 1. The second kappa shape index (κ2) is 11.9. The topological polar surface area (TPSA) is 59.8 Å². The fourth-order valence-corrected chi connectivity index (χ4v) is 4.41. The SMILES string of the molecule is O[C@@]1(COc2ccc(Cl)c(Cl)c2)CCCN(Cc2ccc(OCCCn3cccn3)cc2)CC1. The Morgan fingerprint density at radius 1 is 0.971 bits per heavy atom. The Hall–Kier alpha value is -2.25. The molecule has 0 aliphatic carbocycles. The Kier molecular flexibility index (Phi) is 8.73. The Labute approximate surface area is 211 Å². The smallest absolute Gasteiger partial charge is 0.121 e. The number of aromatic nitrogens is 2. The molecule has 1 fully saturated rings. The summed E-state index contributed by atoms with van der Waals surface area (Å²) in [4.78, 5) is 2.39. The van der Waals surface area contributed by atoms with Crippen molar-refractivity contribution in [3.8, 4) is 11.5 Å². The second-order valence-corrected chi connectivity index (χ2v) is 9.65. The molecule has 1 N–H and O–H groups in total. The molecule has 182 valence electrons. The van der Waals surface area contributed by atoms with E-state index in [2.05, 4.69) is 22.1 Å². The molecule has 0 amide bonds. The van der Waals surface area contributed by atoms with Crippen LogP contribution in [-0.4, -0.2) is 51.7 Å². The first kappa shape index (κ1) is 24.9. The van der Waals surface area contributed by atoms with Crippen molar-refractivity contribution in [1.29, 1.82) is 0 Å². The average Bonchev–Trinajstić information content (AvgIpc) is 3.29. The van der Waals surface area contributed by atoms with Gasteiger partial charge in [-0.2, -0.15) is 5.10 Å². The van der Waals surface area contributed by atoms with Crippen LogP contribution in [0.4, 0.5) is 0 Å². The molecule has 0 bridgehead atoms. The van der Waals surface area contributed by atoms with Crippen LogP contribution in [0.5, 0.6) is 11.5 Å². The van der Waals surface area contributed by atoms with Gasteiger partial charge in [-0.15, -0.1) is 0 Å². The molecule has 4 rings (SSSR count). The largest absolute Gasteiger partial charge is 0.494 e. The molecular formula is C26H31Cl2N3O3. The minimum absolute atomic E-state index is 0.241. The highest BCUT2D eigenvalue weighted by molar-refractivity contribution is 6.42. The van der Waals surface area contributed by atoms with Crippen LogP contribution < -0.4 is 9.47 Å². The van der Waals surface area contributed by atoms with Gasteiger partial charge in [0.25, 0.3) is 0 Å². The average molecular weight is 504 g/mol. The summed E-state index contributed by atoms with van der Waals surface area (Å²) in [6.45, 7) is 4.36. The third-order valence-corrected chi connectivity index (χ3v) is 6.84. The first-order valence-corrected chi connectivity index (χ1v) is 12.5. The Bertz CT molecular complexity index is 1030. The monoisotopic (exact) mass is 503 g/mol. The number of hydrogen-bond acceptors (Lipinski definition) is 5. The van der Waals surface area contributed by atoms with Crippen molar-refractivity contribution >= 4 is 23.2 Å². The number of ether oxygens (including phenoxy) is 2. The lowest BCUT2D eigenvalue weighted by Gasteiger charge is -2.27. The van der Waals surface area contributed by atoms with Gasteiger partial charge in [-0.25, -0.2) is 0 Å². The van der Waals surface area contributed by atoms with Gasteiger partial charge in [-0.3, -0.25) is 9.58 Å². The molecule has 2 heterocycles. The van der Waals surface area contributed by atoms with Gasteiger partial charge in [0.1, 0.15) is 18.1 Å². The van der Waals surface area contributed by atoms with E-state index in [0.717, 1.165) is 44.8 Å². The van der Waals surface area contributed by atoms with Crippen molar-refractivity contribution in [3.05, 3.63) is 76.5 Å². The molecule has 8 heteroatoms. The molecule has 1 aliphatic rings. The summed E-state index contributed by atoms with van der Waals surface area (Å²) >= 11 is 12.0. The van der Waals surface area contributed by atoms with Crippen LogP contribution in [0.15, 0.2) is 60.9 Å². The van der Waals surface area contributed by atoms with Crippen LogP contribution in [0, 0.1) is 0 Å². The molecular weight excluding hydrogens is 473 g/mol. The minimum atomic E-state index is -0.852. The number of hydrogen-bond donors (Lipinski definition) is 1. The zero-order chi connectivity index (χ0) is 23.8. The summed E-state index contributed by atoms with van der Waals surface area (Å²) in [5.74, 6) is 1.50. The first-order valence-electron chi connectivity index (χ1n) is 11.7. The number of rotatable bonds is 10. The fraction of sp³-hybridized carbons (Fsp3) is 0.423. The van der Waals surface area contributed by atoms with Crippen molar-refractivity contribution in [3.63, 3.8) is 0 Å². The van der Waals surface area contributed by atoms with Gasteiger partial charge >= 0.3 is 0 Å². The van der Waals surface area contributed by atoms with Crippen molar-refractivity contribution in [2.75, 3.05) is 26.3 Å². The molecule has 0 saturated carbocycles. The number of benzene rings is 2. The Morgan fingerprint density at radius 3 is 2.56 bits per heavy atom. The second-order valence-electron chi connectivity index (χ2n) is 8.83. The van der Waals surface area contributed by atoms with Gasteiger partial charge in [-0.05, 0) is 61.7 Å². The predicted octanol–water partition coefficient (Wildman–Crippen LogP) is 5.46. The maximum atomic E-state index is 11.1. The lowest BCUT2D eigenvalue weighted by Crippen LogP contribution is -2.37. The number of likely N-dealkylation sites (tertiary alicyclic amines) is 1. The van der Waals surface area contributed by atoms with E-state index in [1.54, 1.807) is 24.4 Å². The van der Waals surface area contributed by atoms with Gasteiger partial charge in [0, 0.05) is 44.5 Å². The molecule has 3 aromatic rings. The molecule has 0 radical (unpaired) electrons. The number of nitrogens with zero attached hydrogens (tertiary/aromatic N) is 3. The van der Waals surface area contributed by atoms with E-state index < -0.39 is 5.60 Å². The quantitative estimate of drug-likeness (QED) is 0.372. The summed E-state index contributed by atoms with van der Waals surface area (Å²) in [7, 11) is 0. The normalized spacial score (nSPS) is 19.0. The highest BCUT2D eigenvalue weighted by Gasteiger charge is 2.31. The van der Waals surface area contributed by atoms with Gasteiger partial charge < -0.3 is 14.6 Å².